The predicted molar refractivity (Wildman–Crippen MR) is 102 cm³/mol. The Balaban J connectivity index is 1.69. The normalized spacial score (nSPS) is 16.9. The Morgan fingerprint density at radius 2 is 2.04 bits per heavy atom. The van der Waals surface area contributed by atoms with Crippen molar-refractivity contribution in [3.8, 4) is 0 Å². The lowest BCUT2D eigenvalue weighted by molar-refractivity contribution is 0.215. The van der Waals surface area contributed by atoms with E-state index in [0.29, 0.717) is 0 Å². The van der Waals surface area contributed by atoms with Crippen molar-refractivity contribution in [2.45, 2.75) is 25.4 Å². The summed E-state index contributed by atoms with van der Waals surface area (Å²) in [6.45, 7) is 1.81. The monoisotopic (exact) mass is 415 g/mol. The van der Waals surface area contributed by atoms with Gasteiger partial charge < -0.3 is 4.42 Å². The van der Waals surface area contributed by atoms with E-state index in [0.717, 1.165) is 36.0 Å². The van der Waals surface area contributed by atoms with Crippen LogP contribution in [0, 0.1) is 5.82 Å². The maximum absolute atomic E-state index is 14.0. The van der Waals surface area contributed by atoms with Crippen molar-refractivity contribution in [2.75, 3.05) is 26.7 Å². The standard InChI is InChI=1S/C18H23ClFN3O3S/c1-22(13-14-15(19)6-4-7-16(14)20)27(24,25)21-12-17(18-8-5-11-26-18)23-9-2-3-10-23/h4-8,11,17,21H,2-3,9-10,12-13H2,1H3. The van der Waals surface area contributed by atoms with Crippen LogP contribution in [0.3, 0.4) is 0 Å². The number of hydrogen-bond acceptors (Lipinski definition) is 4. The maximum Gasteiger partial charge on any atom is 0.279 e. The Morgan fingerprint density at radius 1 is 1.30 bits per heavy atom. The molecule has 0 amide bonds. The molecule has 148 valence electrons. The Kier molecular flexibility index (Phi) is 6.54. The highest BCUT2D eigenvalue weighted by Gasteiger charge is 2.28. The van der Waals surface area contributed by atoms with Gasteiger partial charge in [0.15, 0.2) is 0 Å². The number of nitrogens with one attached hydrogen (secondary N) is 1. The van der Waals surface area contributed by atoms with E-state index in [9.17, 15) is 12.8 Å². The molecule has 0 radical (unpaired) electrons. The van der Waals surface area contributed by atoms with Gasteiger partial charge >= 0.3 is 0 Å². The molecule has 1 saturated heterocycles. The van der Waals surface area contributed by atoms with Crippen molar-refractivity contribution in [1.29, 1.82) is 0 Å². The van der Waals surface area contributed by atoms with Gasteiger partial charge in [-0.1, -0.05) is 17.7 Å². The SMILES string of the molecule is CN(Cc1c(F)cccc1Cl)S(=O)(=O)NCC(c1ccco1)N1CCCC1. The average Bonchev–Trinajstić information content (AvgIpc) is 3.32. The Labute approximate surface area is 164 Å². The molecule has 1 atom stereocenters. The number of likely N-dealkylation sites (tertiary alicyclic amines) is 1. The minimum Gasteiger partial charge on any atom is -0.468 e. The zero-order valence-electron chi connectivity index (χ0n) is 15.1. The van der Waals surface area contributed by atoms with Gasteiger partial charge in [0.1, 0.15) is 11.6 Å². The molecule has 27 heavy (non-hydrogen) atoms. The van der Waals surface area contributed by atoms with Crippen LogP contribution in [-0.4, -0.2) is 44.3 Å². The second-order valence-corrected chi connectivity index (χ2v) is 8.85. The lowest BCUT2D eigenvalue weighted by atomic mass is 10.2. The fourth-order valence-electron chi connectivity index (χ4n) is 3.23. The number of benzene rings is 1. The van der Waals surface area contributed by atoms with E-state index in [2.05, 4.69) is 9.62 Å². The molecule has 1 aromatic heterocycles. The first-order chi connectivity index (χ1) is 12.9. The first-order valence-corrected chi connectivity index (χ1v) is 10.6. The fourth-order valence-corrected chi connectivity index (χ4v) is 4.34. The molecule has 2 aromatic rings. The van der Waals surface area contributed by atoms with Gasteiger partial charge in [0, 0.05) is 30.7 Å². The number of rotatable bonds is 8. The fraction of sp³-hybridized carbons (Fsp3) is 0.444. The molecule has 0 aliphatic carbocycles. The molecule has 0 saturated carbocycles. The zero-order chi connectivity index (χ0) is 19.4. The quantitative estimate of drug-likeness (QED) is 0.719. The van der Waals surface area contributed by atoms with Crippen LogP contribution in [0.1, 0.15) is 30.2 Å². The van der Waals surface area contributed by atoms with Gasteiger partial charge in [-0.3, -0.25) is 4.90 Å². The molecule has 6 nitrogen and oxygen atoms in total. The zero-order valence-corrected chi connectivity index (χ0v) is 16.6. The van der Waals surface area contributed by atoms with Gasteiger partial charge in [-0.05, 0) is 50.2 Å². The molecule has 1 aromatic carbocycles. The second-order valence-electron chi connectivity index (χ2n) is 6.58. The Hall–Kier alpha value is -1.45. The van der Waals surface area contributed by atoms with Crippen LogP contribution in [-0.2, 0) is 16.8 Å². The molecule has 1 aliphatic rings. The van der Waals surface area contributed by atoms with E-state index in [1.807, 2.05) is 6.07 Å². The highest BCUT2D eigenvalue weighted by atomic mass is 35.5. The van der Waals surface area contributed by atoms with Crippen LogP contribution in [0.2, 0.25) is 5.02 Å². The van der Waals surface area contributed by atoms with Gasteiger partial charge in [-0.2, -0.15) is 12.7 Å². The van der Waals surface area contributed by atoms with Crippen molar-refractivity contribution in [3.05, 3.63) is 58.8 Å². The van der Waals surface area contributed by atoms with Crippen molar-refractivity contribution in [1.82, 2.24) is 13.9 Å². The van der Waals surface area contributed by atoms with E-state index in [1.54, 1.807) is 12.3 Å². The summed E-state index contributed by atoms with van der Waals surface area (Å²) < 4.78 is 48.4. The number of hydrogen-bond donors (Lipinski definition) is 1. The highest BCUT2D eigenvalue weighted by Crippen LogP contribution is 2.25. The lowest BCUT2D eigenvalue weighted by Crippen LogP contribution is -2.42. The molecule has 3 rings (SSSR count). The van der Waals surface area contributed by atoms with Gasteiger partial charge in [-0.25, -0.2) is 9.11 Å². The smallest absolute Gasteiger partial charge is 0.279 e. The van der Waals surface area contributed by atoms with E-state index in [4.69, 9.17) is 16.0 Å². The topological polar surface area (TPSA) is 65.8 Å². The summed E-state index contributed by atoms with van der Waals surface area (Å²) in [5.74, 6) is 0.189. The molecule has 1 unspecified atom stereocenters. The van der Waals surface area contributed by atoms with Crippen LogP contribution >= 0.6 is 11.6 Å². The number of furan rings is 1. The van der Waals surface area contributed by atoms with Crippen molar-refractivity contribution >= 4 is 21.8 Å². The van der Waals surface area contributed by atoms with Gasteiger partial charge in [0.25, 0.3) is 10.2 Å². The molecule has 0 spiro atoms. The van der Waals surface area contributed by atoms with Gasteiger partial charge in [0.2, 0.25) is 0 Å². The number of nitrogens with zero attached hydrogens (tertiary/aromatic N) is 2. The predicted octanol–water partition coefficient (Wildman–Crippen LogP) is 3.18. The largest absolute Gasteiger partial charge is 0.468 e. The molecule has 2 heterocycles. The van der Waals surface area contributed by atoms with Gasteiger partial charge in [-0.15, -0.1) is 0 Å². The molecule has 1 fully saturated rings. The average molecular weight is 416 g/mol. The third kappa shape index (κ3) is 4.89. The van der Waals surface area contributed by atoms with E-state index in [1.165, 1.54) is 25.2 Å². The minimum atomic E-state index is -3.82. The van der Waals surface area contributed by atoms with E-state index in [-0.39, 0.29) is 29.7 Å². The first-order valence-electron chi connectivity index (χ1n) is 8.80. The van der Waals surface area contributed by atoms with Crippen LogP contribution in [0.4, 0.5) is 4.39 Å². The van der Waals surface area contributed by atoms with Crippen molar-refractivity contribution < 1.29 is 17.2 Å². The molecule has 9 heteroatoms. The third-order valence-corrected chi connectivity index (χ3v) is 6.60. The van der Waals surface area contributed by atoms with Crippen LogP contribution in [0.15, 0.2) is 41.0 Å². The summed E-state index contributed by atoms with van der Waals surface area (Å²) in [6.07, 6.45) is 3.74. The molecule has 0 bridgehead atoms. The second kappa shape index (κ2) is 8.70. The van der Waals surface area contributed by atoms with Crippen LogP contribution < -0.4 is 4.72 Å². The molecular formula is C18H23ClFN3O3S. The van der Waals surface area contributed by atoms with E-state index >= 15 is 0 Å². The Morgan fingerprint density at radius 3 is 2.67 bits per heavy atom. The third-order valence-electron chi connectivity index (χ3n) is 4.76. The molecule has 1 N–H and O–H groups in total. The summed E-state index contributed by atoms with van der Waals surface area (Å²) in [5.41, 5.74) is 0.147. The maximum atomic E-state index is 14.0. The summed E-state index contributed by atoms with van der Waals surface area (Å²) in [7, 11) is -2.43. The van der Waals surface area contributed by atoms with Crippen molar-refractivity contribution in [3.63, 3.8) is 0 Å². The van der Waals surface area contributed by atoms with Gasteiger partial charge in [0.05, 0.1) is 12.3 Å². The first kappa shape index (κ1) is 20.3. The number of halogens is 2. The van der Waals surface area contributed by atoms with Crippen molar-refractivity contribution in [2.24, 2.45) is 0 Å². The molecule has 1 aliphatic heterocycles. The Bertz CT molecular complexity index is 834. The summed E-state index contributed by atoms with van der Waals surface area (Å²) >= 11 is 6.00. The highest BCUT2D eigenvalue weighted by molar-refractivity contribution is 7.87. The van der Waals surface area contributed by atoms with Crippen LogP contribution in [0.5, 0.6) is 0 Å². The van der Waals surface area contributed by atoms with Crippen LogP contribution in [0.25, 0.3) is 0 Å². The lowest BCUT2D eigenvalue weighted by Gasteiger charge is -2.27. The summed E-state index contributed by atoms with van der Waals surface area (Å²) in [4.78, 5) is 2.20. The summed E-state index contributed by atoms with van der Waals surface area (Å²) in [5, 5.41) is 0.197. The summed E-state index contributed by atoms with van der Waals surface area (Å²) in [6, 6.07) is 7.74. The minimum absolute atomic E-state index is 0.147. The molecular weight excluding hydrogens is 393 g/mol. The van der Waals surface area contributed by atoms with E-state index < -0.39 is 16.0 Å².